The van der Waals surface area contributed by atoms with Gasteiger partial charge in [-0.25, -0.2) is 9.97 Å². The van der Waals surface area contributed by atoms with Crippen LogP contribution in [0.1, 0.15) is 19.3 Å². The molecule has 0 radical (unpaired) electrons. The highest BCUT2D eigenvalue weighted by atomic mass is 16.5. The number of hydrogen-bond donors (Lipinski definition) is 1. The van der Waals surface area contributed by atoms with Gasteiger partial charge in [-0.05, 0) is 38.4 Å². The van der Waals surface area contributed by atoms with Crippen LogP contribution < -0.4 is 4.90 Å². The number of hydrogen-bond acceptors (Lipinski definition) is 5. The molecule has 1 N–H and O–H groups in total. The highest BCUT2D eigenvalue weighted by molar-refractivity contribution is 5.87. The third-order valence-electron chi connectivity index (χ3n) is 4.98. The fourth-order valence-corrected chi connectivity index (χ4v) is 3.83. The molecule has 0 unspecified atom stereocenters. The average Bonchev–Trinajstić information content (AvgIpc) is 3.27. The standard InChI is InChI=1S/C16H23N5O/c1-22-13-8-12(9-20-6-2-3-7-20)21(10-13)16-14-4-5-17-15(14)18-11-19-16/h4-5,11-13H,2-3,6-10H2,1H3,(H,17,18,19)/t12-,13-/m0/s1. The van der Waals surface area contributed by atoms with E-state index in [0.29, 0.717) is 6.04 Å². The first-order chi connectivity index (χ1) is 10.8. The van der Waals surface area contributed by atoms with Crippen molar-refractivity contribution in [1.29, 1.82) is 0 Å². The Bertz CT molecular complexity index is 636. The van der Waals surface area contributed by atoms with Gasteiger partial charge >= 0.3 is 0 Å². The highest BCUT2D eigenvalue weighted by Crippen LogP contribution is 2.31. The Morgan fingerprint density at radius 1 is 1.32 bits per heavy atom. The molecule has 6 nitrogen and oxygen atoms in total. The second kappa shape index (κ2) is 5.85. The van der Waals surface area contributed by atoms with Crippen LogP contribution in [0.15, 0.2) is 18.6 Å². The molecular formula is C16H23N5O. The van der Waals surface area contributed by atoms with Crippen LogP contribution in [0.4, 0.5) is 5.82 Å². The van der Waals surface area contributed by atoms with Gasteiger partial charge in [0.15, 0.2) is 0 Å². The van der Waals surface area contributed by atoms with Gasteiger partial charge in [0.2, 0.25) is 0 Å². The van der Waals surface area contributed by atoms with Gasteiger partial charge in [-0.2, -0.15) is 0 Å². The van der Waals surface area contributed by atoms with Crippen molar-refractivity contribution in [2.45, 2.75) is 31.4 Å². The Balaban J connectivity index is 1.63. The van der Waals surface area contributed by atoms with Crippen LogP contribution in [0.3, 0.4) is 0 Å². The van der Waals surface area contributed by atoms with E-state index in [0.717, 1.165) is 36.4 Å². The van der Waals surface area contributed by atoms with Crippen LogP contribution in [-0.2, 0) is 4.74 Å². The number of aromatic amines is 1. The Morgan fingerprint density at radius 3 is 3.00 bits per heavy atom. The molecule has 118 valence electrons. The summed E-state index contributed by atoms with van der Waals surface area (Å²) in [6.07, 6.45) is 7.61. The summed E-state index contributed by atoms with van der Waals surface area (Å²) in [7, 11) is 1.81. The Hall–Kier alpha value is -1.66. The normalized spacial score (nSPS) is 26.3. The topological polar surface area (TPSA) is 57.3 Å². The molecule has 4 rings (SSSR count). The molecule has 0 spiro atoms. The maximum absolute atomic E-state index is 5.64. The first kappa shape index (κ1) is 14.0. The predicted molar refractivity (Wildman–Crippen MR) is 86.1 cm³/mol. The van der Waals surface area contributed by atoms with Crippen molar-refractivity contribution in [3.63, 3.8) is 0 Å². The number of fused-ring (bicyclic) bond motifs is 1. The zero-order valence-corrected chi connectivity index (χ0v) is 13.0. The lowest BCUT2D eigenvalue weighted by molar-refractivity contribution is 0.116. The molecule has 0 amide bonds. The predicted octanol–water partition coefficient (Wildman–Crippen LogP) is 1.65. The SMILES string of the molecule is CO[C@H]1C[C@@H](CN2CCCC2)N(c2ncnc3[nH]ccc23)C1. The number of methoxy groups -OCH3 is 1. The van der Waals surface area contributed by atoms with Crippen molar-refractivity contribution >= 4 is 16.9 Å². The van der Waals surface area contributed by atoms with Gasteiger partial charge in [-0.1, -0.05) is 0 Å². The summed E-state index contributed by atoms with van der Waals surface area (Å²) in [6, 6.07) is 2.54. The first-order valence-corrected chi connectivity index (χ1v) is 8.15. The van der Waals surface area contributed by atoms with Crippen LogP contribution >= 0.6 is 0 Å². The van der Waals surface area contributed by atoms with Gasteiger partial charge in [-0.3, -0.25) is 0 Å². The van der Waals surface area contributed by atoms with Gasteiger partial charge < -0.3 is 19.5 Å². The van der Waals surface area contributed by atoms with E-state index in [4.69, 9.17) is 4.74 Å². The average molecular weight is 301 g/mol. The maximum atomic E-state index is 5.64. The van der Waals surface area contributed by atoms with Crippen molar-refractivity contribution in [3.8, 4) is 0 Å². The molecule has 0 saturated carbocycles. The summed E-state index contributed by atoms with van der Waals surface area (Å²) in [5.74, 6) is 1.04. The molecule has 4 heterocycles. The van der Waals surface area contributed by atoms with Crippen LogP contribution in [0, 0.1) is 0 Å². The summed E-state index contributed by atoms with van der Waals surface area (Å²) in [5, 5.41) is 1.10. The molecule has 2 saturated heterocycles. The maximum Gasteiger partial charge on any atom is 0.142 e. The lowest BCUT2D eigenvalue weighted by atomic mass is 10.2. The number of likely N-dealkylation sites (tertiary alicyclic amines) is 1. The van der Waals surface area contributed by atoms with E-state index in [1.807, 2.05) is 13.3 Å². The minimum atomic E-state index is 0.288. The fraction of sp³-hybridized carbons (Fsp3) is 0.625. The number of H-pyrrole nitrogens is 1. The third-order valence-corrected chi connectivity index (χ3v) is 4.98. The molecule has 0 aromatic carbocycles. The Labute approximate surface area is 130 Å². The minimum Gasteiger partial charge on any atom is -0.380 e. The Kier molecular flexibility index (Phi) is 3.72. The fourth-order valence-electron chi connectivity index (χ4n) is 3.83. The quantitative estimate of drug-likeness (QED) is 0.930. The van der Waals surface area contributed by atoms with Gasteiger partial charge in [-0.15, -0.1) is 0 Å². The molecule has 2 atom stereocenters. The number of aromatic nitrogens is 3. The van der Waals surface area contributed by atoms with Crippen LogP contribution in [0.25, 0.3) is 11.0 Å². The zero-order valence-electron chi connectivity index (χ0n) is 13.0. The molecule has 2 aliphatic heterocycles. The third kappa shape index (κ3) is 2.46. The molecule has 2 aromatic heterocycles. The van der Waals surface area contributed by atoms with E-state index in [2.05, 4.69) is 30.8 Å². The van der Waals surface area contributed by atoms with Crippen LogP contribution in [0.2, 0.25) is 0 Å². The Morgan fingerprint density at radius 2 is 2.18 bits per heavy atom. The number of anilines is 1. The summed E-state index contributed by atoms with van der Waals surface area (Å²) in [5.41, 5.74) is 0.908. The van der Waals surface area contributed by atoms with E-state index in [9.17, 15) is 0 Å². The van der Waals surface area contributed by atoms with E-state index in [1.54, 1.807) is 6.33 Å². The number of rotatable bonds is 4. The monoisotopic (exact) mass is 301 g/mol. The molecule has 2 aromatic rings. The number of ether oxygens (including phenoxy) is 1. The second-order valence-electron chi connectivity index (χ2n) is 6.34. The number of nitrogens with zero attached hydrogens (tertiary/aromatic N) is 4. The number of nitrogens with one attached hydrogen (secondary N) is 1. The van der Waals surface area contributed by atoms with E-state index in [1.165, 1.54) is 25.9 Å². The van der Waals surface area contributed by atoms with Crippen molar-refractivity contribution < 1.29 is 4.74 Å². The van der Waals surface area contributed by atoms with Gasteiger partial charge in [0, 0.05) is 32.4 Å². The van der Waals surface area contributed by atoms with Crippen LogP contribution in [0.5, 0.6) is 0 Å². The van der Waals surface area contributed by atoms with Gasteiger partial charge in [0.25, 0.3) is 0 Å². The summed E-state index contributed by atoms with van der Waals surface area (Å²) in [6.45, 7) is 4.47. The van der Waals surface area contributed by atoms with Gasteiger partial charge in [0.1, 0.15) is 17.8 Å². The van der Waals surface area contributed by atoms with Crippen molar-refractivity contribution in [2.75, 3.05) is 38.2 Å². The van der Waals surface area contributed by atoms with Crippen LogP contribution in [-0.4, -0.2) is 65.3 Å². The van der Waals surface area contributed by atoms with Crippen molar-refractivity contribution in [1.82, 2.24) is 19.9 Å². The minimum absolute atomic E-state index is 0.288. The van der Waals surface area contributed by atoms with Crippen molar-refractivity contribution in [2.24, 2.45) is 0 Å². The van der Waals surface area contributed by atoms with Crippen molar-refractivity contribution in [3.05, 3.63) is 18.6 Å². The smallest absolute Gasteiger partial charge is 0.142 e. The molecule has 6 heteroatoms. The molecular weight excluding hydrogens is 278 g/mol. The van der Waals surface area contributed by atoms with E-state index in [-0.39, 0.29) is 6.10 Å². The van der Waals surface area contributed by atoms with E-state index < -0.39 is 0 Å². The first-order valence-electron chi connectivity index (χ1n) is 8.15. The van der Waals surface area contributed by atoms with Gasteiger partial charge in [0.05, 0.1) is 11.5 Å². The molecule has 0 bridgehead atoms. The molecule has 22 heavy (non-hydrogen) atoms. The highest BCUT2D eigenvalue weighted by Gasteiger charge is 2.35. The second-order valence-corrected chi connectivity index (χ2v) is 6.34. The molecule has 2 aliphatic rings. The van der Waals surface area contributed by atoms with E-state index >= 15 is 0 Å². The largest absolute Gasteiger partial charge is 0.380 e. The summed E-state index contributed by atoms with van der Waals surface area (Å²) >= 11 is 0. The summed E-state index contributed by atoms with van der Waals surface area (Å²) in [4.78, 5) is 17.1. The zero-order chi connectivity index (χ0) is 14.9. The summed E-state index contributed by atoms with van der Waals surface area (Å²) < 4.78 is 5.64. The lowest BCUT2D eigenvalue weighted by Crippen LogP contribution is -2.39. The lowest BCUT2D eigenvalue weighted by Gasteiger charge is -2.29. The molecule has 0 aliphatic carbocycles. The molecule has 2 fully saturated rings.